The third kappa shape index (κ3) is 2.30. The SMILES string of the molecule is NC[C@H]1CCCN1C(=O)c1ccc(-c2ncon2)cc1. The Kier molecular flexibility index (Phi) is 3.47. The van der Waals surface area contributed by atoms with Crippen LogP contribution in [0.5, 0.6) is 0 Å². The zero-order valence-corrected chi connectivity index (χ0v) is 11.0. The Morgan fingerprint density at radius 3 is 2.85 bits per heavy atom. The van der Waals surface area contributed by atoms with Crippen molar-refractivity contribution in [2.45, 2.75) is 18.9 Å². The molecule has 1 atom stereocenters. The van der Waals surface area contributed by atoms with Gasteiger partial charge in [0.05, 0.1) is 0 Å². The second-order valence-electron chi connectivity index (χ2n) is 4.86. The van der Waals surface area contributed by atoms with Crippen molar-refractivity contribution in [1.82, 2.24) is 15.0 Å². The van der Waals surface area contributed by atoms with Gasteiger partial charge in [-0.2, -0.15) is 4.98 Å². The molecule has 1 aliphatic heterocycles. The van der Waals surface area contributed by atoms with Gasteiger partial charge in [0.1, 0.15) is 0 Å². The molecule has 1 amide bonds. The van der Waals surface area contributed by atoms with Crippen LogP contribution in [-0.2, 0) is 0 Å². The van der Waals surface area contributed by atoms with Crippen molar-refractivity contribution in [3.63, 3.8) is 0 Å². The third-order valence-corrected chi connectivity index (χ3v) is 3.66. The average molecular weight is 272 g/mol. The minimum atomic E-state index is 0.0395. The van der Waals surface area contributed by atoms with Gasteiger partial charge in [-0.25, -0.2) is 0 Å². The number of amides is 1. The molecule has 0 radical (unpaired) electrons. The third-order valence-electron chi connectivity index (χ3n) is 3.66. The molecule has 0 spiro atoms. The van der Waals surface area contributed by atoms with E-state index in [9.17, 15) is 4.79 Å². The Morgan fingerprint density at radius 2 is 2.20 bits per heavy atom. The van der Waals surface area contributed by atoms with Crippen LogP contribution in [-0.4, -0.2) is 40.1 Å². The van der Waals surface area contributed by atoms with Gasteiger partial charge in [0.2, 0.25) is 12.2 Å². The van der Waals surface area contributed by atoms with Crippen LogP contribution in [0.2, 0.25) is 0 Å². The number of nitrogens with two attached hydrogens (primary N) is 1. The van der Waals surface area contributed by atoms with Crippen LogP contribution in [0.4, 0.5) is 0 Å². The van der Waals surface area contributed by atoms with Gasteiger partial charge in [0, 0.05) is 30.3 Å². The molecule has 2 N–H and O–H groups in total. The summed E-state index contributed by atoms with van der Waals surface area (Å²) in [6.07, 6.45) is 3.29. The fraction of sp³-hybridized carbons (Fsp3) is 0.357. The van der Waals surface area contributed by atoms with E-state index in [-0.39, 0.29) is 11.9 Å². The first-order valence-corrected chi connectivity index (χ1v) is 6.67. The topological polar surface area (TPSA) is 85.2 Å². The van der Waals surface area contributed by atoms with Crippen LogP contribution < -0.4 is 5.73 Å². The molecular weight excluding hydrogens is 256 g/mol. The number of carbonyl (C=O) groups excluding carboxylic acids is 1. The van der Waals surface area contributed by atoms with Crippen molar-refractivity contribution in [2.24, 2.45) is 5.73 Å². The van der Waals surface area contributed by atoms with E-state index >= 15 is 0 Å². The van der Waals surface area contributed by atoms with E-state index in [1.54, 1.807) is 12.1 Å². The number of hydrogen-bond donors (Lipinski definition) is 1. The first-order valence-electron chi connectivity index (χ1n) is 6.67. The number of rotatable bonds is 3. The van der Waals surface area contributed by atoms with Gasteiger partial charge < -0.3 is 15.2 Å². The van der Waals surface area contributed by atoms with Crippen molar-refractivity contribution in [3.05, 3.63) is 36.2 Å². The van der Waals surface area contributed by atoms with E-state index in [1.807, 2.05) is 17.0 Å². The highest BCUT2D eigenvalue weighted by Crippen LogP contribution is 2.21. The molecule has 104 valence electrons. The van der Waals surface area contributed by atoms with Crippen molar-refractivity contribution in [1.29, 1.82) is 0 Å². The molecule has 1 fully saturated rings. The van der Waals surface area contributed by atoms with Gasteiger partial charge >= 0.3 is 0 Å². The molecule has 0 unspecified atom stereocenters. The van der Waals surface area contributed by atoms with Crippen LogP contribution >= 0.6 is 0 Å². The maximum Gasteiger partial charge on any atom is 0.254 e. The van der Waals surface area contributed by atoms with Crippen molar-refractivity contribution in [2.75, 3.05) is 13.1 Å². The van der Waals surface area contributed by atoms with Crippen molar-refractivity contribution < 1.29 is 9.32 Å². The molecule has 2 heterocycles. The summed E-state index contributed by atoms with van der Waals surface area (Å²) in [6, 6.07) is 7.40. The smallest absolute Gasteiger partial charge is 0.254 e. The van der Waals surface area contributed by atoms with Gasteiger partial charge in [0.15, 0.2) is 0 Å². The summed E-state index contributed by atoms with van der Waals surface area (Å²) in [7, 11) is 0. The van der Waals surface area contributed by atoms with Gasteiger partial charge in [-0.15, -0.1) is 0 Å². The predicted octanol–water partition coefficient (Wildman–Crippen LogP) is 1.30. The molecule has 0 saturated carbocycles. The summed E-state index contributed by atoms with van der Waals surface area (Å²) in [5, 5.41) is 3.77. The second kappa shape index (κ2) is 5.42. The molecule has 3 rings (SSSR count). The van der Waals surface area contributed by atoms with Gasteiger partial charge in [-0.1, -0.05) is 17.3 Å². The van der Waals surface area contributed by atoms with E-state index in [1.165, 1.54) is 6.39 Å². The van der Waals surface area contributed by atoms with E-state index < -0.39 is 0 Å². The predicted molar refractivity (Wildman–Crippen MR) is 72.8 cm³/mol. The quantitative estimate of drug-likeness (QED) is 0.910. The first-order chi connectivity index (χ1) is 9.79. The summed E-state index contributed by atoms with van der Waals surface area (Å²) in [5.41, 5.74) is 7.20. The lowest BCUT2D eigenvalue weighted by molar-refractivity contribution is 0.0741. The van der Waals surface area contributed by atoms with Gasteiger partial charge in [0.25, 0.3) is 5.91 Å². The van der Waals surface area contributed by atoms with Crippen molar-refractivity contribution >= 4 is 5.91 Å². The molecule has 6 nitrogen and oxygen atoms in total. The average Bonchev–Trinajstić information content (AvgIpc) is 3.17. The molecule has 1 saturated heterocycles. The zero-order valence-electron chi connectivity index (χ0n) is 11.0. The summed E-state index contributed by atoms with van der Waals surface area (Å²) in [4.78, 5) is 18.3. The number of nitrogens with zero attached hydrogens (tertiary/aromatic N) is 3. The summed E-state index contributed by atoms with van der Waals surface area (Å²) < 4.78 is 4.71. The van der Waals surface area contributed by atoms with Crippen LogP contribution in [0.3, 0.4) is 0 Å². The molecule has 0 aliphatic carbocycles. The van der Waals surface area contributed by atoms with Gasteiger partial charge in [-0.3, -0.25) is 4.79 Å². The van der Waals surface area contributed by atoms with Crippen LogP contribution in [0.1, 0.15) is 23.2 Å². The second-order valence-corrected chi connectivity index (χ2v) is 4.86. The Balaban J connectivity index is 1.79. The highest BCUT2D eigenvalue weighted by Gasteiger charge is 2.28. The lowest BCUT2D eigenvalue weighted by Gasteiger charge is -2.23. The van der Waals surface area contributed by atoms with E-state index in [0.717, 1.165) is 24.9 Å². The lowest BCUT2D eigenvalue weighted by Crippen LogP contribution is -2.39. The van der Waals surface area contributed by atoms with Crippen LogP contribution in [0.15, 0.2) is 35.2 Å². The zero-order chi connectivity index (χ0) is 13.9. The Bertz CT molecular complexity index is 580. The molecule has 1 aromatic carbocycles. The Hall–Kier alpha value is -2.21. The molecule has 1 aliphatic rings. The lowest BCUT2D eigenvalue weighted by atomic mass is 10.1. The minimum Gasteiger partial charge on any atom is -0.342 e. The maximum atomic E-state index is 12.4. The molecule has 1 aromatic heterocycles. The Labute approximate surface area is 116 Å². The fourth-order valence-corrected chi connectivity index (χ4v) is 2.57. The summed E-state index contributed by atoms with van der Waals surface area (Å²) in [5.74, 6) is 0.558. The number of carbonyl (C=O) groups is 1. The highest BCUT2D eigenvalue weighted by atomic mass is 16.5. The molecular formula is C14H16N4O2. The highest BCUT2D eigenvalue weighted by molar-refractivity contribution is 5.95. The van der Waals surface area contributed by atoms with Gasteiger partial charge in [-0.05, 0) is 25.0 Å². The van der Waals surface area contributed by atoms with Crippen molar-refractivity contribution in [3.8, 4) is 11.4 Å². The van der Waals surface area contributed by atoms with E-state index in [0.29, 0.717) is 17.9 Å². The molecule has 2 aromatic rings. The normalized spacial score (nSPS) is 18.4. The number of aromatic nitrogens is 2. The largest absolute Gasteiger partial charge is 0.342 e. The Morgan fingerprint density at radius 1 is 1.40 bits per heavy atom. The van der Waals surface area contributed by atoms with E-state index in [2.05, 4.69) is 10.1 Å². The number of benzene rings is 1. The maximum absolute atomic E-state index is 12.4. The first kappa shape index (κ1) is 12.8. The van der Waals surface area contributed by atoms with Crippen LogP contribution in [0, 0.1) is 0 Å². The molecule has 0 bridgehead atoms. The fourth-order valence-electron chi connectivity index (χ4n) is 2.57. The summed E-state index contributed by atoms with van der Waals surface area (Å²) >= 11 is 0. The summed E-state index contributed by atoms with van der Waals surface area (Å²) in [6.45, 7) is 1.31. The van der Waals surface area contributed by atoms with Crippen LogP contribution in [0.25, 0.3) is 11.4 Å². The molecule has 6 heteroatoms. The molecule has 20 heavy (non-hydrogen) atoms. The number of likely N-dealkylation sites (tertiary alicyclic amines) is 1. The van der Waals surface area contributed by atoms with E-state index in [4.69, 9.17) is 10.3 Å². The monoisotopic (exact) mass is 272 g/mol. The standard InChI is InChI=1S/C14H16N4O2/c15-8-12-2-1-7-18(12)14(19)11-5-3-10(4-6-11)13-16-9-20-17-13/h3-6,9,12H,1-2,7-8,15H2/t12-/m1/s1. The number of hydrogen-bond acceptors (Lipinski definition) is 5. The minimum absolute atomic E-state index is 0.0395.